The van der Waals surface area contributed by atoms with Crippen molar-refractivity contribution in [3.05, 3.63) is 0 Å². The molecule has 0 radical (unpaired) electrons. The van der Waals surface area contributed by atoms with E-state index in [0.717, 1.165) is 0 Å². The summed E-state index contributed by atoms with van der Waals surface area (Å²) in [5.74, 6) is -1.86. The van der Waals surface area contributed by atoms with Crippen molar-refractivity contribution in [2.75, 3.05) is 13.2 Å². The lowest BCUT2D eigenvalue weighted by Gasteiger charge is -2.31. The van der Waals surface area contributed by atoms with Crippen LogP contribution in [0.1, 0.15) is 13.3 Å². The molecule has 6 atom stereocenters. The Hall–Kier alpha value is -1.26. The van der Waals surface area contributed by atoms with Crippen LogP contribution in [0.2, 0.25) is 0 Å². The van der Waals surface area contributed by atoms with Crippen LogP contribution < -0.4 is 0 Å². The predicted molar refractivity (Wildman–Crippen MR) is 61.9 cm³/mol. The minimum absolute atomic E-state index is 0.0618. The number of esters is 1. The molecule has 0 aliphatic carbocycles. The summed E-state index contributed by atoms with van der Waals surface area (Å²) >= 11 is 0. The van der Waals surface area contributed by atoms with E-state index in [0.29, 0.717) is 6.42 Å². The Labute approximate surface area is 120 Å². The number of carboxylic acids is 1. The normalized spacial score (nSPS) is 41.4. The van der Waals surface area contributed by atoms with Gasteiger partial charge in [-0.1, -0.05) is 6.92 Å². The maximum atomic E-state index is 11.7. The zero-order valence-electron chi connectivity index (χ0n) is 11.3. The van der Waals surface area contributed by atoms with Crippen LogP contribution >= 0.6 is 0 Å². The molecule has 3 aliphatic heterocycles. The Morgan fingerprint density at radius 2 is 1.90 bits per heavy atom. The third-order valence-electron chi connectivity index (χ3n) is 3.34. The summed E-state index contributed by atoms with van der Waals surface area (Å²) in [5, 5.41) is 8.90. The van der Waals surface area contributed by atoms with Gasteiger partial charge in [-0.25, -0.2) is 9.59 Å². The summed E-state index contributed by atoms with van der Waals surface area (Å²) < 4.78 is 31.5. The van der Waals surface area contributed by atoms with Gasteiger partial charge in [-0.2, -0.15) is 0 Å². The molecule has 21 heavy (non-hydrogen) atoms. The van der Waals surface area contributed by atoms with Crippen LogP contribution in [0.4, 0.5) is 0 Å². The summed E-state index contributed by atoms with van der Waals surface area (Å²) in [7, 11) is 0. The van der Waals surface area contributed by atoms with E-state index in [9.17, 15) is 9.59 Å². The van der Waals surface area contributed by atoms with Crippen LogP contribution in [-0.4, -0.2) is 67.4 Å². The fourth-order valence-corrected chi connectivity index (χ4v) is 2.42. The quantitative estimate of drug-likeness (QED) is 0.669. The van der Waals surface area contributed by atoms with Crippen LogP contribution in [0.5, 0.6) is 0 Å². The molecule has 0 saturated carbocycles. The smallest absolute Gasteiger partial charge is 0.363 e. The second-order valence-electron chi connectivity index (χ2n) is 4.88. The van der Waals surface area contributed by atoms with Gasteiger partial charge in [0, 0.05) is 0 Å². The second kappa shape index (κ2) is 5.85. The maximum Gasteiger partial charge on any atom is 0.363 e. The molecule has 0 spiro atoms. The fourth-order valence-electron chi connectivity index (χ4n) is 2.42. The Morgan fingerprint density at radius 1 is 1.14 bits per heavy atom. The molecular weight excluding hydrogens is 288 g/mol. The highest BCUT2D eigenvalue weighted by Gasteiger charge is 2.57. The van der Waals surface area contributed by atoms with E-state index < -0.39 is 49.1 Å². The first kappa shape index (κ1) is 14.7. The maximum absolute atomic E-state index is 11.7. The number of aliphatic carboxylic acids is 1. The van der Waals surface area contributed by atoms with Crippen molar-refractivity contribution in [1.82, 2.24) is 0 Å². The van der Waals surface area contributed by atoms with Crippen molar-refractivity contribution in [2.24, 2.45) is 0 Å². The van der Waals surface area contributed by atoms with Gasteiger partial charge in [-0.15, -0.1) is 0 Å². The van der Waals surface area contributed by atoms with E-state index in [1.165, 1.54) is 0 Å². The third-order valence-corrected chi connectivity index (χ3v) is 3.34. The topological polar surface area (TPSA) is 110 Å². The molecule has 3 heterocycles. The second-order valence-corrected chi connectivity index (χ2v) is 4.88. The Balaban J connectivity index is 1.61. The lowest BCUT2D eigenvalue weighted by Crippen LogP contribution is -2.49. The fraction of sp³-hybridized carbons (Fsp3) is 0.833. The van der Waals surface area contributed by atoms with Gasteiger partial charge in [0.1, 0.15) is 18.3 Å². The number of carbonyl (C=O) groups is 2. The van der Waals surface area contributed by atoms with Crippen molar-refractivity contribution >= 4 is 11.9 Å². The molecule has 3 saturated heterocycles. The number of hydrogen-bond acceptors (Lipinski definition) is 8. The largest absolute Gasteiger partial charge is 0.477 e. The number of fused-ring (bicyclic) bond motifs is 3. The Morgan fingerprint density at radius 3 is 2.62 bits per heavy atom. The van der Waals surface area contributed by atoms with Gasteiger partial charge in [0.05, 0.1) is 13.2 Å². The van der Waals surface area contributed by atoms with Crippen molar-refractivity contribution in [3.8, 4) is 0 Å². The molecular formula is C12H16O9. The lowest BCUT2D eigenvalue weighted by molar-refractivity contribution is -0.267. The van der Waals surface area contributed by atoms with Crippen LogP contribution in [0.25, 0.3) is 0 Å². The molecule has 9 heteroatoms. The molecule has 0 aromatic heterocycles. The van der Waals surface area contributed by atoms with Crippen LogP contribution in [0.15, 0.2) is 0 Å². The summed E-state index contributed by atoms with van der Waals surface area (Å²) in [5.41, 5.74) is 0. The van der Waals surface area contributed by atoms with E-state index in [1.807, 2.05) is 6.92 Å². The molecule has 3 aliphatic rings. The number of carboxylic acid groups (broad SMARTS) is 1. The highest BCUT2D eigenvalue weighted by molar-refractivity contribution is 5.73. The molecule has 9 nitrogen and oxygen atoms in total. The molecule has 0 amide bonds. The molecule has 0 aromatic carbocycles. The lowest BCUT2D eigenvalue weighted by atomic mass is 10.1. The van der Waals surface area contributed by atoms with Gasteiger partial charge in [0.25, 0.3) is 12.6 Å². The van der Waals surface area contributed by atoms with Gasteiger partial charge in [-0.05, 0) is 6.42 Å². The summed E-state index contributed by atoms with van der Waals surface area (Å²) in [6.07, 6.45) is -4.48. The highest BCUT2D eigenvalue weighted by atomic mass is 16.9. The van der Waals surface area contributed by atoms with Crippen molar-refractivity contribution in [1.29, 1.82) is 0 Å². The minimum atomic E-state index is -1.37. The van der Waals surface area contributed by atoms with Crippen LogP contribution in [0, 0.1) is 0 Å². The predicted octanol–water partition coefficient (Wildman–Crippen LogP) is -0.768. The zero-order chi connectivity index (χ0) is 15.0. The molecule has 6 unspecified atom stereocenters. The minimum Gasteiger partial charge on any atom is -0.477 e. The van der Waals surface area contributed by atoms with Crippen LogP contribution in [-0.2, 0) is 38.0 Å². The molecule has 0 aromatic rings. The SMILES string of the molecule is CCCOC(=O)C1OC2OC3COC(C(=O)O)OC3C2O1. The van der Waals surface area contributed by atoms with E-state index in [2.05, 4.69) is 0 Å². The monoisotopic (exact) mass is 304 g/mol. The average Bonchev–Trinajstić information content (AvgIpc) is 3.01. The van der Waals surface area contributed by atoms with E-state index in [1.54, 1.807) is 0 Å². The van der Waals surface area contributed by atoms with Gasteiger partial charge < -0.3 is 33.5 Å². The van der Waals surface area contributed by atoms with E-state index >= 15 is 0 Å². The molecule has 3 rings (SSSR count). The average molecular weight is 304 g/mol. The van der Waals surface area contributed by atoms with E-state index in [-0.39, 0.29) is 13.2 Å². The van der Waals surface area contributed by atoms with Crippen molar-refractivity contribution in [2.45, 2.75) is 50.5 Å². The number of carbonyl (C=O) groups excluding carboxylic acids is 1. The molecule has 3 fully saturated rings. The first-order valence-corrected chi connectivity index (χ1v) is 6.73. The zero-order valence-corrected chi connectivity index (χ0v) is 11.3. The Bertz CT molecular complexity index is 425. The summed E-state index contributed by atoms with van der Waals surface area (Å²) in [4.78, 5) is 22.6. The molecule has 1 N–H and O–H groups in total. The third kappa shape index (κ3) is 2.74. The van der Waals surface area contributed by atoms with Crippen LogP contribution in [0.3, 0.4) is 0 Å². The number of hydrogen-bond donors (Lipinski definition) is 1. The van der Waals surface area contributed by atoms with Gasteiger partial charge in [0.15, 0.2) is 6.29 Å². The summed E-state index contributed by atoms with van der Waals surface area (Å²) in [6.45, 7) is 2.20. The number of rotatable bonds is 4. The Kier molecular flexibility index (Phi) is 4.09. The number of ether oxygens (including phenoxy) is 6. The molecule has 118 valence electrons. The van der Waals surface area contributed by atoms with Crippen molar-refractivity contribution < 1.29 is 43.1 Å². The van der Waals surface area contributed by atoms with E-state index in [4.69, 9.17) is 33.5 Å². The van der Waals surface area contributed by atoms with Gasteiger partial charge >= 0.3 is 11.9 Å². The van der Waals surface area contributed by atoms with Crippen molar-refractivity contribution in [3.63, 3.8) is 0 Å². The molecule has 0 bridgehead atoms. The first-order chi connectivity index (χ1) is 10.1. The summed E-state index contributed by atoms with van der Waals surface area (Å²) in [6, 6.07) is 0. The van der Waals surface area contributed by atoms with Gasteiger partial charge in [-0.3, -0.25) is 0 Å². The highest BCUT2D eigenvalue weighted by Crippen LogP contribution is 2.37. The standard InChI is InChI=1S/C12H16O9/c1-2-3-16-9(15)12-20-7-6-5(18-10(7)21-12)4-17-11(19-6)8(13)14/h5-7,10-12H,2-4H2,1H3,(H,13,14). The van der Waals surface area contributed by atoms with Gasteiger partial charge in [0.2, 0.25) is 0 Å². The first-order valence-electron chi connectivity index (χ1n) is 6.73.